The van der Waals surface area contributed by atoms with E-state index < -0.39 is 5.72 Å². The standard InChI is InChI=1S/C7H14N2O/c8-6-9-7(10)4-2-1-3-5-7/h6,10H,1-5H2,(H2,8,9). The van der Waals surface area contributed by atoms with Gasteiger partial charge >= 0.3 is 0 Å². The zero-order valence-corrected chi connectivity index (χ0v) is 6.08. The van der Waals surface area contributed by atoms with Crippen LogP contribution < -0.4 is 5.73 Å². The van der Waals surface area contributed by atoms with Crippen molar-refractivity contribution in [3.63, 3.8) is 0 Å². The van der Waals surface area contributed by atoms with Crippen LogP contribution in [-0.4, -0.2) is 17.2 Å². The summed E-state index contributed by atoms with van der Waals surface area (Å²) in [5.74, 6) is 0. The van der Waals surface area contributed by atoms with Gasteiger partial charge in [-0.05, 0) is 25.7 Å². The molecule has 1 rings (SSSR count). The van der Waals surface area contributed by atoms with Crippen LogP contribution in [0.5, 0.6) is 0 Å². The number of rotatable bonds is 1. The SMILES string of the molecule is NC=NC1(O)CCCCC1. The first kappa shape index (κ1) is 7.54. The van der Waals surface area contributed by atoms with E-state index in [4.69, 9.17) is 5.73 Å². The Bertz CT molecular complexity index is 128. The lowest BCUT2D eigenvalue weighted by Crippen LogP contribution is -2.29. The topological polar surface area (TPSA) is 58.6 Å². The minimum Gasteiger partial charge on any atom is -0.390 e. The van der Waals surface area contributed by atoms with Crippen molar-refractivity contribution in [2.24, 2.45) is 10.7 Å². The number of aliphatic hydroxyl groups is 1. The quantitative estimate of drug-likeness (QED) is 0.416. The van der Waals surface area contributed by atoms with Gasteiger partial charge in [0.15, 0.2) is 5.72 Å². The average Bonchev–Trinajstić information content (AvgIpc) is 1.89. The van der Waals surface area contributed by atoms with Gasteiger partial charge in [-0.3, -0.25) is 0 Å². The maximum Gasteiger partial charge on any atom is 0.157 e. The zero-order valence-electron chi connectivity index (χ0n) is 6.08. The van der Waals surface area contributed by atoms with Crippen molar-refractivity contribution in [3.8, 4) is 0 Å². The molecular weight excluding hydrogens is 128 g/mol. The Kier molecular flexibility index (Phi) is 2.27. The van der Waals surface area contributed by atoms with E-state index in [0.717, 1.165) is 25.7 Å². The van der Waals surface area contributed by atoms with E-state index in [9.17, 15) is 5.11 Å². The maximum atomic E-state index is 9.59. The summed E-state index contributed by atoms with van der Waals surface area (Å²) in [6, 6.07) is 0. The van der Waals surface area contributed by atoms with E-state index >= 15 is 0 Å². The fourth-order valence-electron chi connectivity index (χ4n) is 1.39. The molecule has 0 amide bonds. The van der Waals surface area contributed by atoms with Gasteiger partial charge in [0.25, 0.3) is 0 Å². The molecule has 0 bridgehead atoms. The molecule has 3 nitrogen and oxygen atoms in total. The van der Waals surface area contributed by atoms with Crippen LogP contribution >= 0.6 is 0 Å². The van der Waals surface area contributed by atoms with Crippen LogP contribution in [0.4, 0.5) is 0 Å². The molecule has 1 saturated carbocycles. The lowest BCUT2D eigenvalue weighted by molar-refractivity contribution is 0.0134. The second-order valence-electron chi connectivity index (χ2n) is 2.82. The van der Waals surface area contributed by atoms with Gasteiger partial charge in [0, 0.05) is 0 Å². The molecule has 1 aliphatic rings. The van der Waals surface area contributed by atoms with Gasteiger partial charge in [0.2, 0.25) is 0 Å². The fraction of sp³-hybridized carbons (Fsp3) is 0.857. The highest BCUT2D eigenvalue weighted by molar-refractivity contribution is 5.51. The predicted molar refractivity (Wildman–Crippen MR) is 40.7 cm³/mol. The van der Waals surface area contributed by atoms with Gasteiger partial charge in [-0.15, -0.1) is 0 Å². The second kappa shape index (κ2) is 3.01. The number of aliphatic imine (C=N–C) groups is 1. The monoisotopic (exact) mass is 142 g/mol. The molecule has 0 aromatic heterocycles. The molecule has 3 heteroatoms. The van der Waals surface area contributed by atoms with Gasteiger partial charge in [0.05, 0.1) is 6.34 Å². The van der Waals surface area contributed by atoms with Gasteiger partial charge in [-0.2, -0.15) is 0 Å². The van der Waals surface area contributed by atoms with Gasteiger partial charge in [-0.1, -0.05) is 6.42 Å². The Morgan fingerprint density at radius 2 is 1.90 bits per heavy atom. The lowest BCUT2D eigenvalue weighted by Gasteiger charge is -2.27. The molecule has 10 heavy (non-hydrogen) atoms. The highest BCUT2D eigenvalue weighted by atomic mass is 16.3. The minimum absolute atomic E-state index is 0.765. The molecule has 1 fully saturated rings. The summed E-state index contributed by atoms with van der Waals surface area (Å²) in [5.41, 5.74) is 4.27. The van der Waals surface area contributed by atoms with Crippen LogP contribution in [0.15, 0.2) is 4.99 Å². The number of nitrogens with zero attached hydrogens (tertiary/aromatic N) is 1. The Hall–Kier alpha value is -0.570. The molecule has 0 saturated heterocycles. The van der Waals surface area contributed by atoms with Crippen molar-refractivity contribution >= 4 is 6.34 Å². The predicted octanol–water partition coefficient (Wildman–Crippen LogP) is 0.626. The highest BCUT2D eigenvalue weighted by Gasteiger charge is 2.26. The third-order valence-electron chi connectivity index (χ3n) is 1.97. The number of hydrogen-bond acceptors (Lipinski definition) is 2. The molecule has 0 atom stereocenters. The maximum absolute atomic E-state index is 9.59. The third-order valence-corrected chi connectivity index (χ3v) is 1.97. The summed E-state index contributed by atoms with van der Waals surface area (Å²) in [7, 11) is 0. The number of hydrogen-bond donors (Lipinski definition) is 2. The van der Waals surface area contributed by atoms with Crippen molar-refractivity contribution in [2.45, 2.75) is 37.8 Å². The molecule has 0 unspecified atom stereocenters. The molecule has 0 radical (unpaired) electrons. The molecule has 1 aliphatic carbocycles. The molecule has 0 heterocycles. The van der Waals surface area contributed by atoms with Crippen molar-refractivity contribution in [3.05, 3.63) is 0 Å². The molecular formula is C7H14N2O. The smallest absolute Gasteiger partial charge is 0.157 e. The molecule has 0 spiro atoms. The molecule has 3 N–H and O–H groups in total. The Morgan fingerprint density at radius 1 is 1.30 bits per heavy atom. The lowest BCUT2D eigenvalue weighted by atomic mass is 9.92. The van der Waals surface area contributed by atoms with Gasteiger partial charge in [-0.25, -0.2) is 4.99 Å². The molecule has 0 aromatic rings. The summed E-state index contributed by atoms with van der Waals surface area (Å²) >= 11 is 0. The van der Waals surface area contributed by atoms with Crippen LogP contribution in [0, 0.1) is 0 Å². The van der Waals surface area contributed by atoms with E-state index in [1.165, 1.54) is 12.8 Å². The minimum atomic E-state index is -0.826. The third kappa shape index (κ3) is 1.70. The van der Waals surface area contributed by atoms with Crippen LogP contribution in [0.25, 0.3) is 0 Å². The van der Waals surface area contributed by atoms with E-state index in [2.05, 4.69) is 4.99 Å². The normalized spacial score (nSPS) is 25.3. The highest BCUT2D eigenvalue weighted by Crippen LogP contribution is 2.28. The first-order chi connectivity index (χ1) is 4.77. The Morgan fingerprint density at radius 3 is 2.40 bits per heavy atom. The second-order valence-corrected chi connectivity index (χ2v) is 2.82. The fourth-order valence-corrected chi connectivity index (χ4v) is 1.39. The summed E-state index contributed by atoms with van der Waals surface area (Å²) in [6.07, 6.45) is 6.07. The molecule has 0 aromatic carbocycles. The van der Waals surface area contributed by atoms with E-state index in [1.54, 1.807) is 0 Å². The molecule has 0 aliphatic heterocycles. The Balaban J connectivity index is 2.48. The first-order valence-electron chi connectivity index (χ1n) is 3.75. The molecule has 58 valence electrons. The van der Waals surface area contributed by atoms with Crippen molar-refractivity contribution < 1.29 is 5.11 Å². The van der Waals surface area contributed by atoms with E-state index in [0.29, 0.717) is 0 Å². The Labute approximate surface area is 61.0 Å². The number of nitrogens with two attached hydrogens (primary N) is 1. The van der Waals surface area contributed by atoms with Crippen LogP contribution in [0.1, 0.15) is 32.1 Å². The summed E-state index contributed by atoms with van der Waals surface area (Å²) < 4.78 is 0. The van der Waals surface area contributed by atoms with E-state index in [-0.39, 0.29) is 0 Å². The van der Waals surface area contributed by atoms with Gasteiger partial charge in [0.1, 0.15) is 0 Å². The van der Waals surface area contributed by atoms with Crippen LogP contribution in [-0.2, 0) is 0 Å². The van der Waals surface area contributed by atoms with Crippen molar-refractivity contribution in [1.29, 1.82) is 0 Å². The largest absolute Gasteiger partial charge is 0.390 e. The van der Waals surface area contributed by atoms with Crippen molar-refractivity contribution in [2.75, 3.05) is 0 Å². The van der Waals surface area contributed by atoms with Crippen LogP contribution in [0.2, 0.25) is 0 Å². The summed E-state index contributed by atoms with van der Waals surface area (Å²) in [5, 5.41) is 9.59. The van der Waals surface area contributed by atoms with Gasteiger partial charge < -0.3 is 10.8 Å². The summed E-state index contributed by atoms with van der Waals surface area (Å²) in [6.45, 7) is 0. The summed E-state index contributed by atoms with van der Waals surface area (Å²) in [4.78, 5) is 3.82. The van der Waals surface area contributed by atoms with Crippen LogP contribution in [0.3, 0.4) is 0 Å². The van der Waals surface area contributed by atoms with E-state index in [1.807, 2.05) is 0 Å². The van der Waals surface area contributed by atoms with Crippen molar-refractivity contribution in [1.82, 2.24) is 0 Å². The first-order valence-corrected chi connectivity index (χ1v) is 3.75. The average molecular weight is 142 g/mol. The zero-order chi connectivity index (χ0) is 7.45.